The highest BCUT2D eigenvalue weighted by molar-refractivity contribution is 6.33. The summed E-state index contributed by atoms with van der Waals surface area (Å²) in [5.74, 6) is -0.972. The minimum atomic E-state index is -0.717. The number of hydrogen-bond donors (Lipinski definition) is 1. The van der Waals surface area contributed by atoms with Crippen molar-refractivity contribution in [1.29, 1.82) is 5.26 Å². The number of aromatic hydroxyl groups is 1. The first kappa shape index (κ1) is 30.6. The number of fused-ring (bicyclic) bond motifs is 1. The highest BCUT2D eigenvalue weighted by Gasteiger charge is 2.32. The van der Waals surface area contributed by atoms with E-state index in [-0.39, 0.29) is 51.1 Å². The van der Waals surface area contributed by atoms with Crippen molar-refractivity contribution in [2.75, 3.05) is 31.6 Å². The van der Waals surface area contributed by atoms with Crippen LogP contribution in [-0.4, -0.2) is 53.3 Å². The third kappa shape index (κ3) is 5.16. The van der Waals surface area contributed by atoms with Crippen molar-refractivity contribution in [3.63, 3.8) is 0 Å². The Morgan fingerprint density at radius 2 is 1.95 bits per heavy atom. The molecule has 1 N–H and O–H groups in total. The number of anilines is 1. The average molecular weight is 615 g/mol. The van der Waals surface area contributed by atoms with Crippen molar-refractivity contribution in [2.24, 2.45) is 0 Å². The topological polar surface area (TPSA) is 98.8 Å². The molecule has 0 radical (unpaired) electrons. The first-order valence-electron chi connectivity index (χ1n) is 14.2. The third-order valence-corrected chi connectivity index (χ3v) is 8.40. The fourth-order valence-electron chi connectivity index (χ4n) is 5.97. The zero-order valence-corrected chi connectivity index (χ0v) is 25.7. The number of nitrogens with zero attached hydrogens (tertiary/aromatic N) is 4. The Hall–Kier alpha value is -4.81. The second kappa shape index (κ2) is 12.1. The summed E-state index contributed by atoms with van der Waals surface area (Å²) in [6, 6.07) is 14.8. The van der Waals surface area contributed by atoms with E-state index in [0.717, 1.165) is 5.56 Å². The van der Waals surface area contributed by atoms with Crippen LogP contribution < -0.4 is 15.2 Å². The van der Waals surface area contributed by atoms with E-state index < -0.39 is 11.4 Å². The largest absolute Gasteiger partial charge is 0.507 e. The van der Waals surface area contributed by atoms with E-state index in [1.807, 2.05) is 37.8 Å². The Morgan fingerprint density at radius 1 is 1.23 bits per heavy atom. The number of pyridine rings is 1. The number of carbonyl (C=O) groups excluding carboxylic acids is 1. The van der Waals surface area contributed by atoms with Gasteiger partial charge < -0.3 is 19.6 Å². The summed E-state index contributed by atoms with van der Waals surface area (Å²) in [6.07, 6.45) is 1.26. The maximum atomic E-state index is 15.5. The number of hydrogen-bond acceptors (Lipinski definition) is 6. The molecular weight excluding hydrogens is 583 g/mol. The van der Waals surface area contributed by atoms with Gasteiger partial charge in [0.05, 0.1) is 29.0 Å². The van der Waals surface area contributed by atoms with Gasteiger partial charge in [0.1, 0.15) is 28.9 Å². The number of phenolic OH excluding ortho intramolecular Hbond substituents is 1. The zero-order valence-electron chi connectivity index (χ0n) is 24.9. The number of rotatable bonds is 6. The Bertz CT molecular complexity index is 1890. The summed E-state index contributed by atoms with van der Waals surface area (Å²) >= 11 is 6.51. The number of carbonyl (C=O) groups is 1. The fourth-order valence-corrected chi connectivity index (χ4v) is 6.27. The van der Waals surface area contributed by atoms with E-state index in [4.69, 9.17) is 16.3 Å². The van der Waals surface area contributed by atoms with E-state index >= 15 is 4.39 Å². The molecule has 1 aliphatic rings. The number of halogens is 2. The van der Waals surface area contributed by atoms with Crippen LogP contribution in [0.1, 0.15) is 37.8 Å². The average Bonchev–Trinajstić information content (AvgIpc) is 3.00. The molecule has 0 saturated carbocycles. The van der Waals surface area contributed by atoms with E-state index in [2.05, 4.69) is 12.6 Å². The summed E-state index contributed by atoms with van der Waals surface area (Å²) < 4.78 is 22.1. The number of aromatic nitrogens is 1. The molecule has 0 aliphatic carbocycles. The van der Waals surface area contributed by atoms with Crippen molar-refractivity contribution < 1.29 is 19.0 Å². The van der Waals surface area contributed by atoms with Crippen molar-refractivity contribution in [3.05, 3.63) is 93.5 Å². The molecule has 0 bridgehead atoms. The molecule has 1 atom stereocenters. The first-order valence-corrected chi connectivity index (χ1v) is 14.6. The predicted octanol–water partition coefficient (Wildman–Crippen LogP) is 6.38. The highest BCUT2D eigenvalue weighted by Crippen LogP contribution is 2.43. The summed E-state index contributed by atoms with van der Waals surface area (Å²) in [4.78, 5) is 30.3. The molecule has 44 heavy (non-hydrogen) atoms. The van der Waals surface area contributed by atoms with Gasteiger partial charge in [-0.25, -0.2) is 4.39 Å². The quantitative estimate of drug-likeness (QED) is 0.253. The molecule has 10 heteroatoms. The van der Waals surface area contributed by atoms with E-state index in [9.17, 15) is 20.0 Å². The smallest absolute Gasteiger partial charge is 0.275 e. The molecule has 8 nitrogen and oxygen atoms in total. The lowest BCUT2D eigenvalue weighted by Crippen LogP contribution is -2.54. The van der Waals surface area contributed by atoms with Gasteiger partial charge in [0, 0.05) is 48.3 Å². The molecule has 5 rings (SSSR count). The number of piperazine rings is 1. The van der Waals surface area contributed by atoms with Crippen LogP contribution in [0.2, 0.25) is 5.02 Å². The second-order valence-corrected chi connectivity index (χ2v) is 11.5. The lowest BCUT2D eigenvalue weighted by molar-refractivity contribution is -0.126. The Morgan fingerprint density at radius 3 is 2.57 bits per heavy atom. The molecule has 2 heterocycles. The molecule has 4 aromatic rings. The van der Waals surface area contributed by atoms with E-state index in [1.165, 1.54) is 42.0 Å². The molecule has 3 aromatic carbocycles. The number of benzene rings is 3. The van der Waals surface area contributed by atoms with Crippen molar-refractivity contribution in [2.45, 2.75) is 32.7 Å². The maximum Gasteiger partial charge on any atom is 0.275 e. The number of methoxy groups -OCH3 is 1. The molecule has 226 valence electrons. The molecule has 1 aromatic heterocycles. The van der Waals surface area contributed by atoms with Gasteiger partial charge in [0.25, 0.3) is 5.56 Å². The molecule has 1 saturated heterocycles. The van der Waals surface area contributed by atoms with Crippen LogP contribution in [0.3, 0.4) is 0 Å². The van der Waals surface area contributed by atoms with Gasteiger partial charge in [-0.3, -0.25) is 14.2 Å². The van der Waals surface area contributed by atoms with Gasteiger partial charge in [-0.15, -0.1) is 0 Å². The fraction of sp³-hybridized carbons (Fsp3) is 0.265. The lowest BCUT2D eigenvalue weighted by atomic mass is 9.96. The van der Waals surface area contributed by atoms with Crippen LogP contribution in [0, 0.1) is 17.1 Å². The summed E-state index contributed by atoms with van der Waals surface area (Å²) in [7, 11) is 1.39. The van der Waals surface area contributed by atoms with Gasteiger partial charge in [0.2, 0.25) is 5.91 Å². The van der Waals surface area contributed by atoms with Crippen LogP contribution in [0.15, 0.2) is 66.0 Å². The monoisotopic (exact) mass is 614 g/mol. The SMILES string of the molecule is C=CC(=O)N1CCN(c2c(C#N)c(=O)n(-c3ccccc3C(C)C)c3cc(-c4c(F)cc(OC)cc4Cl)c(O)cc23)[C@@H](C)C1. The number of amides is 1. The van der Waals surface area contributed by atoms with Gasteiger partial charge in [0.15, 0.2) is 0 Å². The van der Waals surface area contributed by atoms with Crippen LogP contribution in [0.5, 0.6) is 11.5 Å². The van der Waals surface area contributed by atoms with Gasteiger partial charge in [-0.05, 0) is 48.7 Å². The first-order chi connectivity index (χ1) is 21.0. The van der Waals surface area contributed by atoms with Crippen molar-refractivity contribution >= 4 is 34.1 Å². The number of phenols is 1. The normalized spacial score (nSPS) is 15.0. The van der Waals surface area contributed by atoms with Crippen molar-refractivity contribution in [3.8, 4) is 34.4 Å². The van der Waals surface area contributed by atoms with Crippen LogP contribution >= 0.6 is 11.6 Å². The Balaban J connectivity index is 1.88. The summed E-state index contributed by atoms with van der Waals surface area (Å²) in [5.41, 5.74) is 1.47. The van der Waals surface area contributed by atoms with Crippen LogP contribution in [-0.2, 0) is 4.79 Å². The number of ether oxygens (including phenoxy) is 1. The van der Waals surface area contributed by atoms with Gasteiger partial charge in [-0.1, -0.05) is 50.2 Å². The standard InChI is InChI=1S/C34H32ClFN4O4/c1-6-31(42)38-11-12-39(20(4)18-38)33-23-16-30(41)24(32-26(35)13-21(44-5)14-27(32)36)15-29(23)40(34(43)25(33)17-37)28-10-8-7-9-22(28)19(2)3/h6-10,13-16,19-20,41H,1,11-12,18H2,2-5H3/t20-/m0/s1. The van der Waals surface area contributed by atoms with Crippen LogP contribution in [0.4, 0.5) is 10.1 Å². The summed E-state index contributed by atoms with van der Waals surface area (Å²) in [6.45, 7) is 10.5. The molecule has 0 unspecified atom stereocenters. The minimum absolute atomic E-state index is 0.0125. The minimum Gasteiger partial charge on any atom is -0.507 e. The molecule has 1 amide bonds. The third-order valence-electron chi connectivity index (χ3n) is 8.10. The number of para-hydroxylation sites is 1. The van der Waals surface area contributed by atoms with E-state index in [0.29, 0.717) is 41.9 Å². The van der Waals surface area contributed by atoms with Gasteiger partial charge in [-0.2, -0.15) is 5.26 Å². The van der Waals surface area contributed by atoms with Gasteiger partial charge >= 0.3 is 0 Å². The van der Waals surface area contributed by atoms with Crippen molar-refractivity contribution in [1.82, 2.24) is 9.47 Å². The van der Waals surface area contributed by atoms with E-state index in [1.54, 1.807) is 17.0 Å². The summed E-state index contributed by atoms with van der Waals surface area (Å²) in [5, 5.41) is 22.2. The molecule has 0 spiro atoms. The number of nitriles is 1. The zero-order chi connectivity index (χ0) is 31.9. The van der Waals surface area contributed by atoms with Crippen LogP contribution in [0.25, 0.3) is 27.7 Å². The Kier molecular flexibility index (Phi) is 8.40. The molecular formula is C34H32ClFN4O4. The highest BCUT2D eigenvalue weighted by atomic mass is 35.5. The molecule has 1 aliphatic heterocycles. The molecule has 1 fully saturated rings. The second-order valence-electron chi connectivity index (χ2n) is 11.1. The maximum absolute atomic E-state index is 15.5. The lowest BCUT2D eigenvalue weighted by Gasteiger charge is -2.41. The predicted molar refractivity (Wildman–Crippen MR) is 171 cm³/mol. The Labute approximate surface area is 259 Å².